The van der Waals surface area contributed by atoms with Crippen molar-refractivity contribution in [2.75, 3.05) is 0 Å². The van der Waals surface area contributed by atoms with Crippen LogP contribution < -0.4 is 0 Å². The molecule has 0 radical (unpaired) electrons. The average Bonchev–Trinajstić information content (AvgIpc) is 3.55. The van der Waals surface area contributed by atoms with Crippen LogP contribution in [-0.4, -0.2) is 20.6 Å². The zero-order valence-corrected chi connectivity index (χ0v) is 28.7. The van der Waals surface area contributed by atoms with E-state index in [1.54, 1.807) is 0 Å². The van der Waals surface area contributed by atoms with Crippen LogP contribution in [0.15, 0.2) is 0 Å². The van der Waals surface area contributed by atoms with Gasteiger partial charge in [0.1, 0.15) is 0 Å². The van der Waals surface area contributed by atoms with Crippen molar-refractivity contribution in [1.82, 2.24) is 0 Å². The first-order valence-electron chi connectivity index (χ1n) is 19.2. The summed E-state index contributed by atoms with van der Waals surface area (Å²) in [5, 5.41) is 0. The number of hydrogen-bond donors (Lipinski definition) is 0. The van der Waals surface area contributed by atoms with Crippen LogP contribution in [-0.2, 0) is 18.8 Å². The molecule has 0 aromatic rings. The second-order valence-electron chi connectivity index (χ2n) is 18.4. The highest BCUT2D eigenvalue weighted by Gasteiger charge is 2.58. The highest BCUT2D eigenvalue weighted by molar-refractivity contribution is 7.81. The predicted molar refractivity (Wildman–Crippen MR) is 171 cm³/mol. The Balaban J connectivity index is 0.870. The Morgan fingerprint density at radius 3 is 1.33 bits per heavy atom. The molecule has 244 valence electrons. The molecule has 0 aliphatic heterocycles. The maximum absolute atomic E-state index is 13.4. The third kappa shape index (κ3) is 4.96. The summed E-state index contributed by atoms with van der Waals surface area (Å²) in [6.07, 6.45) is 22.1. The van der Waals surface area contributed by atoms with Crippen LogP contribution in [0.2, 0.25) is 0 Å². The summed E-state index contributed by atoms with van der Waals surface area (Å²) in [6.45, 7) is 10.1. The maximum Gasteiger partial charge on any atom is 0.400 e. The van der Waals surface area contributed by atoms with Gasteiger partial charge in [-0.05, 0) is 185 Å². The van der Waals surface area contributed by atoms with Gasteiger partial charge < -0.3 is 0 Å². The lowest BCUT2D eigenvalue weighted by molar-refractivity contribution is -0.111. The highest BCUT2D eigenvalue weighted by Crippen LogP contribution is 2.65. The normalized spacial score (nSPS) is 56.2. The molecule has 0 spiro atoms. The van der Waals surface area contributed by atoms with Crippen LogP contribution in [0.1, 0.15) is 143 Å². The number of rotatable bonds is 4. The van der Waals surface area contributed by atoms with E-state index >= 15 is 0 Å². The molecular formula is C38H62O4S. The molecule has 0 aromatic carbocycles. The average molecular weight is 615 g/mol. The second-order valence-corrected chi connectivity index (χ2v) is 19.6. The van der Waals surface area contributed by atoms with Gasteiger partial charge in [-0.3, -0.25) is 0 Å². The molecule has 8 aliphatic rings. The smallest absolute Gasteiger partial charge is 0.245 e. The van der Waals surface area contributed by atoms with Crippen LogP contribution in [0.3, 0.4) is 0 Å². The highest BCUT2D eigenvalue weighted by atomic mass is 32.3. The first kappa shape index (κ1) is 30.2. The van der Waals surface area contributed by atoms with Crippen LogP contribution in [0.4, 0.5) is 0 Å². The van der Waals surface area contributed by atoms with Gasteiger partial charge in [0.15, 0.2) is 0 Å². The topological polar surface area (TPSA) is 52.6 Å². The van der Waals surface area contributed by atoms with Crippen LogP contribution in [0.5, 0.6) is 0 Å². The molecule has 0 amide bonds. The van der Waals surface area contributed by atoms with Crippen molar-refractivity contribution >= 4 is 10.4 Å². The molecule has 0 unspecified atom stereocenters. The van der Waals surface area contributed by atoms with Gasteiger partial charge in [-0.2, -0.15) is 8.42 Å². The number of fused-ring (bicyclic) bond motifs is 10. The van der Waals surface area contributed by atoms with Crippen molar-refractivity contribution in [3.63, 3.8) is 0 Å². The van der Waals surface area contributed by atoms with E-state index < -0.39 is 10.4 Å². The van der Waals surface area contributed by atoms with E-state index in [-0.39, 0.29) is 12.2 Å². The van der Waals surface area contributed by atoms with Gasteiger partial charge in [-0.25, -0.2) is 8.37 Å². The van der Waals surface area contributed by atoms with Crippen molar-refractivity contribution < 1.29 is 16.8 Å². The molecule has 8 aliphatic carbocycles. The summed E-state index contributed by atoms with van der Waals surface area (Å²) < 4.78 is 38.6. The maximum atomic E-state index is 13.4. The summed E-state index contributed by atoms with van der Waals surface area (Å²) >= 11 is 0. The van der Waals surface area contributed by atoms with E-state index in [0.29, 0.717) is 22.7 Å². The Kier molecular flexibility index (Phi) is 7.70. The molecule has 8 fully saturated rings. The molecule has 8 saturated carbocycles. The summed E-state index contributed by atoms with van der Waals surface area (Å²) in [7, 11) is -3.98. The molecule has 0 N–H and O–H groups in total. The minimum atomic E-state index is -3.98. The molecule has 16 atom stereocenters. The quantitative estimate of drug-likeness (QED) is 0.316. The zero-order chi connectivity index (χ0) is 29.7. The Bertz CT molecular complexity index is 1070. The fraction of sp³-hybridized carbons (Fsp3) is 1.00. The van der Waals surface area contributed by atoms with Gasteiger partial charge >= 0.3 is 10.4 Å². The van der Waals surface area contributed by atoms with Gasteiger partial charge in [0.25, 0.3) is 0 Å². The number of hydrogen-bond acceptors (Lipinski definition) is 4. The Hall–Kier alpha value is -0.130. The third-order valence-electron chi connectivity index (χ3n) is 17.1. The minimum Gasteiger partial charge on any atom is -0.245 e. The van der Waals surface area contributed by atoms with Gasteiger partial charge in [0, 0.05) is 0 Å². The zero-order valence-electron chi connectivity index (χ0n) is 27.9. The second kappa shape index (κ2) is 11.0. The molecular weight excluding hydrogens is 552 g/mol. The summed E-state index contributed by atoms with van der Waals surface area (Å²) in [4.78, 5) is 0. The Morgan fingerprint density at radius 1 is 0.488 bits per heavy atom. The third-order valence-corrected chi connectivity index (χ3v) is 18.1. The summed E-state index contributed by atoms with van der Waals surface area (Å²) in [5.74, 6) is 10.4. The van der Waals surface area contributed by atoms with Crippen molar-refractivity contribution in [3.05, 3.63) is 0 Å². The van der Waals surface area contributed by atoms with Crippen molar-refractivity contribution in [2.45, 2.75) is 155 Å². The van der Waals surface area contributed by atoms with E-state index in [1.165, 1.54) is 77.0 Å². The fourth-order valence-electron chi connectivity index (χ4n) is 14.9. The van der Waals surface area contributed by atoms with Gasteiger partial charge in [-0.1, -0.05) is 40.5 Å². The summed E-state index contributed by atoms with van der Waals surface area (Å²) in [6, 6.07) is 0. The lowest BCUT2D eigenvalue weighted by Crippen LogP contribution is -2.52. The van der Waals surface area contributed by atoms with E-state index in [1.807, 2.05) is 0 Å². The summed E-state index contributed by atoms with van der Waals surface area (Å²) in [5.41, 5.74) is 0.735. The molecule has 0 aromatic heterocycles. The van der Waals surface area contributed by atoms with Crippen LogP contribution >= 0.6 is 0 Å². The Labute approximate surface area is 263 Å². The fourth-order valence-corrected chi connectivity index (χ4v) is 15.9. The largest absolute Gasteiger partial charge is 0.400 e. The monoisotopic (exact) mass is 614 g/mol. The predicted octanol–water partition coefficient (Wildman–Crippen LogP) is 9.58. The van der Waals surface area contributed by atoms with E-state index in [4.69, 9.17) is 8.37 Å². The van der Waals surface area contributed by atoms with E-state index in [0.717, 1.165) is 97.7 Å². The van der Waals surface area contributed by atoms with Gasteiger partial charge in [-0.15, -0.1) is 0 Å². The van der Waals surface area contributed by atoms with Crippen LogP contribution in [0, 0.1) is 81.8 Å². The van der Waals surface area contributed by atoms with Gasteiger partial charge in [0.2, 0.25) is 0 Å². The SMILES string of the molecule is C[C@@H]1CC[C@@H]2[C@@H]1CC[C@H]1[C@H]2CC[C@@H]2C[C@H](OS(=O)(=O)O[C@@H]3CC[C@@]4(C)[C@H](CC[C@H]5[C@@H]6CC[C@@H](C)[C@H]6CC[C@@H]54)C3)CC[C@@]21C. The molecule has 43 heavy (non-hydrogen) atoms. The van der Waals surface area contributed by atoms with Crippen molar-refractivity contribution in [2.24, 2.45) is 81.8 Å². The van der Waals surface area contributed by atoms with Crippen LogP contribution in [0.25, 0.3) is 0 Å². The van der Waals surface area contributed by atoms with Crippen molar-refractivity contribution in [3.8, 4) is 0 Å². The molecule has 4 nitrogen and oxygen atoms in total. The molecule has 5 heteroatoms. The lowest BCUT2D eigenvalue weighted by atomic mass is 9.47. The molecule has 0 heterocycles. The van der Waals surface area contributed by atoms with Crippen molar-refractivity contribution in [1.29, 1.82) is 0 Å². The Morgan fingerprint density at radius 2 is 0.884 bits per heavy atom. The first-order chi connectivity index (χ1) is 20.6. The van der Waals surface area contributed by atoms with Gasteiger partial charge in [0.05, 0.1) is 12.2 Å². The molecule has 0 saturated heterocycles. The standard InChI is InChI=1S/C38H62O4S/c1-23-5-9-31-29(23)13-15-35-33(31)11-7-25-21-27(17-19-37(25,35)3)41-43(39,40)42-28-18-20-38(4)26(22-28)8-12-34-32-10-6-24(2)30(32)14-16-36(34)38/h23-36H,5-22H2,1-4H3/t23-,24-,25-,26-,27-,28-,29-,30-,31-,32-,33+,34+,35+,36+,37+,38+/m1/s1. The first-order valence-corrected chi connectivity index (χ1v) is 20.5. The lowest BCUT2D eigenvalue weighted by Gasteiger charge is -2.59. The minimum absolute atomic E-state index is 0.198. The van der Waals surface area contributed by atoms with E-state index in [9.17, 15) is 8.42 Å². The van der Waals surface area contributed by atoms with E-state index in [2.05, 4.69) is 27.7 Å². The molecule has 0 bridgehead atoms. The molecule has 8 rings (SSSR count).